The number of anilines is 2. The van der Waals surface area contributed by atoms with Gasteiger partial charge in [0.1, 0.15) is 5.82 Å². The summed E-state index contributed by atoms with van der Waals surface area (Å²) in [6.45, 7) is 2.54. The first kappa shape index (κ1) is 23.3. The zero-order chi connectivity index (χ0) is 24.1. The molecule has 1 heterocycles. The normalized spacial score (nSPS) is 14.2. The lowest BCUT2D eigenvalue weighted by molar-refractivity contribution is 0.0767. The van der Waals surface area contributed by atoms with E-state index in [1.807, 2.05) is 12.1 Å². The van der Waals surface area contributed by atoms with Crippen molar-refractivity contribution >= 4 is 27.3 Å². The van der Waals surface area contributed by atoms with E-state index in [-0.39, 0.29) is 16.5 Å². The number of nitrogens with zero attached hydrogens (tertiary/aromatic N) is 3. The number of nitriles is 1. The zero-order valence-corrected chi connectivity index (χ0v) is 19.1. The van der Waals surface area contributed by atoms with Crippen molar-refractivity contribution in [1.29, 1.82) is 5.26 Å². The highest BCUT2D eigenvalue weighted by Gasteiger charge is 2.22. The lowest BCUT2D eigenvalue weighted by atomic mass is 10.2. The molecule has 1 amide bonds. The molecule has 3 aromatic rings. The van der Waals surface area contributed by atoms with E-state index in [4.69, 9.17) is 5.26 Å². The van der Waals surface area contributed by atoms with Crippen LogP contribution in [0.5, 0.6) is 0 Å². The molecule has 0 bridgehead atoms. The highest BCUT2D eigenvalue weighted by Crippen LogP contribution is 2.21. The zero-order valence-electron chi connectivity index (χ0n) is 18.3. The van der Waals surface area contributed by atoms with Crippen molar-refractivity contribution in [3.8, 4) is 6.07 Å². The maximum atomic E-state index is 13.8. The van der Waals surface area contributed by atoms with Gasteiger partial charge >= 0.3 is 0 Å². The quantitative estimate of drug-likeness (QED) is 0.601. The minimum Gasteiger partial charge on any atom is -0.370 e. The van der Waals surface area contributed by atoms with E-state index >= 15 is 0 Å². The summed E-state index contributed by atoms with van der Waals surface area (Å²) < 4.78 is 41.2. The molecule has 9 heteroatoms. The Morgan fingerprint density at radius 1 is 0.912 bits per heavy atom. The number of hydrogen-bond acceptors (Lipinski definition) is 5. The van der Waals surface area contributed by atoms with Gasteiger partial charge in [0.25, 0.3) is 15.9 Å². The standard InChI is InChI=1S/C25H23FN4O3S/c26-23-4-1-2-5-24(23)28-34(32,33)22-12-8-20(9-13-22)25(31)30-15-3-14-29(16-17-30)21-10-6-19(18-27)7-11-21/h1-2,4-13,28H,3,14-17H2. The van der Waals surface area contributed by atoms with Gasteiger partial charge in [-0.3, -0.25) is 9.52 Å². The Morgan fingerprint density at radius 3 is 2.29 bits per heavy atom. The van der Waals surface area contributed by atoms with Crippen LogP contribution in [0, 0.1) is 17.1 Å². The molecule has 1 N–H and O–H groups in total. The Labute approximate surface area is 198 Å². The number of carbonyl (C=O) groups excluding carboxylic acids is 1. The molecular formula is C25H23FN4O3S. The molecule has 1 saturated heterocycles. The number of carbonyl (C=O) groups is 1. The monoisotopic (exact) mass is 478 g/mol. The van der Waals surface area contributed by atoms with Crippen LogP contribution in [0.15, 0.2) is 77.7 Å². The van der Waals surface area contributed by atoms with Crippen LogP contribution in [0.4, 0.5) is 15.8 Å². The number of benzene rings is 3. The molecule has 1 aliphatic heterocycles. The molecule has 0 atom stereocenters. The van der Waals surface area contributed by atoms with Crippen LogP contribution in [-0.4, -0.2) is 45.4 Å². The number of halogens is 1. The minimum atomic E-state index is -3.99. The highest BCUT2D eigenvalue weighted by molar-refractivity contribution is 7.92. The van der Waals surface area contributed by atoms with Crippen molar-refractivity contribution in [2.45, 2.75) is 11.3 Å². The van der Waals surface area contributed by atoms with E-state index < -0.39 is 15.8 Å². The van der Waals surface area contributed by atoms with Gasteiger partial charge in [-0.05, 0) is 67.1 Å². The van der Waals surface area contributed by atoms with Gasteiger partial charge in [0, 0.05) is 37.4 Å². The maximum Gasteiger partial charge on any atom is 0.261 e. The molecule has 0 aliphatic carbocycles. The first-order chi connectivity index (χ1) is 16.4. The predicted octanol–water partition coefficient (Wildman–Crippen LogP) is 3.85. The summed E-state index contributed by atoms with van der Waals surface area (Å²) in [5.41, 5.74) is 1.85. The van der Waals surface area contributed by atoms with Crippen molar-refractivity contribution < 1.29 is 17.6 Å². The Balaban J connectivity index is 1.42. The summed E-state index contributed by atoms with van der Waals surface area (Å²) in [6, 6.07) is 20.6. The van der Waals surface area contributed by atoms with Crippen molar-refractivity contribution in [3.05, 3.63) is 89.7 Å². The first-order valence-corrected chi connectivity index (χ1v) is 12.3. The summed E-state index contributed by atoms with van der Waals surface area (Å²) in [4.78, 5) is 16.9. The Kier molecular flexibility index (Phi) is 6.80. The summed E-state index contributed by atoms with van der Waals surface area (Å²) in [5, 5.41) is 8.97. The van der Waals surface area contributed by atoms with Crippen molar-refractivity contribution in [2.75, 3.05) is 35.8 Å². The molecular weight excluding hydrogens is 455 g/mol. The number of nitrogens with one attached hydrogen (secondary N) is 1. The third-order valence-corrected chi connectivity index (χ3v) is 7.06. The second-order valence-corrected chi connectivity index (χ2v) is 9.58. The van der Waals surface area contributed by atoms with Crippen LogP contribution in [0.25, 0.3) is 0 Å². The average molecular weight is 479 g/mol. The fraction of sp³-hybridized carbons (Fsp3) is 0.200. The third kappa shape index (κ3) is 5.18. The summed E-state index contributed by atoms with van der Waals surface area (Å²) >= 11 is 0. The van der Waals surface area contributed by atoms with Crippen LogP contribution >= 0.6 is 0 Å². The maximum absolute atomic E-state index is 13.8. The molecule has 0 unspecified atom stereocenters. The van der Waals surface area contributed by atoms with E-state index in [9.17, 15) is 17.6 Å². The molecule has 34 heavy (non-hydrogen) atoms. The topological polar surface area (TPSA) is 93.5 Å². The van der Waals surface area contributed by atoms with Gasteiger partial charge < -0.3 is 9.80 Å². The summed E-state index contributed by atoms with van der Waals surface area (Å²) in [7, 11) is -3.99. The third-order valence-electron chi connectivity index (χ3n) is 5.67. The molecule has 0 radical (unpaired) electrons. The fourth-order valence-corrected chi connectivity index (χ4v) is 4.90. The van der Waals surface area contributed by atoms with Crippen molar-refractivity contribution in [1.82, 2.24) is 4.90 Å². The van der Waals surface area contributed by atoms with Crippen LogP contribution in [0.3, 0.4) is 0 Å². The second-order valence-electron chi connectivity index (χ2n) is 7.90. The molecule has 0 saturated carbocycles. The highest BCUT2D eigenvalue weighted by atomic mass is 32.2. The summed E-state index contributed by atoms with van der Waals surface area (Å²) in [6.07, 6.45) is 0.783. The van der Waals surface area contributed by atoms with Gasteiger partial charge in [0.05, 0.1) is 22.2 Å². The van der Waals surface area contributed by atoms with Gasteiger partial charge in [0.2, 0.25) is 0 Å². The molecule has 3 aromatic carbocycles. The first-order valence-electron chi connectivity index (χ1n) is 10.8. The van der Waals surface area contributed by atoms with E-state index in [0.717, 1.165) is 18.7 Å². The number of rotatable bonds is 5. The van der Waals surface area contributed by atoms with E-state index in [1.54, 1.807) is 17.0 Å². The molecule has 0 spiro atoms. The number of amides is 1. The number of para-hydroxylation sites is 1. The van der Waals surface area contributed by atoms with Gasteiger partial charge in [-0.15, -0.1) is 0 Å². The van der Waals surface area contributed by atoms with Crippen LogP contribution < -0.4 is 9.62 Å². The lowest BCUT2D eigenvalue weighted by Crippen LogP contribution is -2.35. The second kappa shape index (κ2) is 9.93. The van der Waals surface area contributed by atoms with Gasteiger partial charge in [-0.25, -0.2) is 12.8 Å². The van der Waals surface area contributed by atoms with E-state index in [0.29, 0.717) is 30.8 Å². The van der Waals surface area contributed by atoms with Crippen molar-refractivity contribution in [3.63, 3.8) is 0 Å². The largest absolute Gasteiger partial charge is 0.370 e. The van der Waals surface area contributed by atoms with E-state index in [1.165, 1.54) is 48.5 Å². The van der Waals surface area contributed by atoms with Gasteiger partial charge in [-0.2, -0.15) is 5.26 Å². The summed E-state index contributed by atoms with van der Waals surface area (Å²) in [5.74, 6) is -0.846. The fourth-order valence-electron chi connectivity index (χ4n) is 3.83. The Morgan fingerprint density at radius 2 is 1.62 bits per heavy atom. The molecule has 4 rings (SSSR count). The lowest BCUT2D eigenvalue weighted by Gasteiger charge is -2.24. The Bertz CT molecular complexity index is 1320. The number of hydrogen-bond donors (Lipinski definition) is 1. The van der Waals surface area contributed by atoms with Crippen LogP contribution in [0.2, 0.25) is 0 Å². The smallest absolute Gasteiger partial charge is 0.261 e. The SMILES string of the molecule is N#Cc1ccc(N2CCCN(C(=O)c3ccc(S(=O)(=O)Nc4ccccc4F)cc3)CC2)cc1. The minimum absolute atomic E-state index is 0.0600. The van der Waals surface area contributed by atoms with Gasteiger partial charge in [0.15, 0.2) is 0 Å². The van der Waals surface area contributed by atoms with Crippen LogP contribution in [-0.2, 0) is 10.0 Å². The van der Waals surface area contributed by atoms with E-state index in [2.05, 4.69) is 15.7 Å². The average Bonchev–Trinajstić information content (AvgIpc) is 3.11. The molecule has 0 aromatic heterocycles. The van der Waals surface area contributed by atoms with Crippen LogP contribution in [0.1, 0.15) is 22.3 Å². The molecule has 7 nitrogen and oxygen atoms in total. The number of sulfonamides is 1. The molecule has 1 fully saturated rings. The molecule has 174 valence electrons. The molecule has 1 aliphatic rings. The van der Waals surface area contributed by atoms with Crippen molar-refractivity contribution in [2.24, 2.45) is 0 Å². The predicted molar refractivity (Wildman–Crippen MR) is 128 cm³/mol. The van der Waals surface area contributed by atoms with Gasteiger partial charge in [-0.1, -0.05) is 12.1 Å². The Hall–Kier alpha value is -3.90.